The highest BCUT2D eigenvalue weighted by atomic mass is 16.5. The summed E-state index contributed by atoms with van der Waals surface area (Å²) in [5.41, 5.74) is 1.70. The molecule has 1 rings (SSSR count). The van der Waals surface area contributed by atoms with Gasteiger partial charge < -0.3 is 14.8 Å². The van der Waals surface area contributed by atoms with E-state index < -0.39 is 0 Å². The minimum Gasteiger partial charge on any atom is -0.495 e. The van der Waals surface area contributed by atoms with Gasteiger partial charge in [0.2, 0.25) is 0 Å². The SMILES string of the molecule is COc1cc(CNCCCCOC(C)C)ccc1C#N. The molecule has 0 fully saturated rings. The fraction of sp³-hybridized carbons (Fsp3) is 0.562. The van der Waals surface area contributed by atoms with E-state index in [9.17, 15) is 0 Å². The Hall–Kier alpha value is -1.57. The van der Waals surface area contributed by atoms with E-state index in [1.54, 1.807) is 13.2 Å². The van der Waals surface area contributed by atoms with Crippen LogP contribution in [-0.2, 0) is 11.3 Å². The second kappa shape index (κ2) is 9.35. The Morgan fingerprint density at radius 2 is 2.10 bits per heavy atom. The zero-order valence-corrected chi connectivity index (χ0v) is 12.6. The molecule has 1 aromatic carbocycles. The maximum absolute atomic E-state index is 8.92. The summed E-state index contributed by atoms with van der Waals surface area (Å²) in [6.45, 7) is 6.67. The highest BCUT2D eigenvalue weighted by Crippen LogP contribution is 2.19. The molecule has 0 aliphatic rings. The van der Waals surface area contributed by atoms with E-state index in [2.05, 4.69) is 25.2 Å². The van der Waals surface area contributed by atoms with Crippen molar-refractivity contribution in [1.82, 2.24) is 5.32 Å². The highest BCUT2D eigenvalue weighted by Gasteiger charge is 2.03. The lowest BCUT2D eigenvalue weighted by Crippen LogP contribution is -2.15. The molecule has 1 N–H and O–H groups in total. The molecule has 0 bridgehead atoms. The van der Waals surface area contributed by atoms with E-state index in [0.717, 1.165) is 38.1 Å². The van der Waals surface area contributed by atoms with Crippen LogP contribution in [0.4, 0.5) is 0 Å². The van der Waals surface area contributed by atoms with Crippen LogP contribution in [0.15, 0.2) is 18.2 Å². The van der Waals surface area contributed by atoms with Gasteiger partial charge in [0.25, 0.3) is 0 Å². The number of nitriles is 1. The monoisotopic (exact) mass is 276 g/mol. The molecule has 0 spiro atoms. The third-order valence-electron chi connectivity index (χ3n) is 2.91. The van der Waals surface area contributed by atoms with Crippen molar-refractivity contribution >= 4 is 0 Å². The van der Waals surface area contributed by atoms with Gasteiger partial charge in [-0.25, -0.2) is 0 Å². The van der Waals surface area contributed by atoms with Gasteiger partial charge in [-0.15, -0.1) is 0 Å². The Balaban J connectivity index is 2.24. The first-order chi connectivity index (χ1) is 9.67. The van der Waals surface area contributed by atoms with Crippen molar-refractivity contribution in [2.24, 2.45) is 0 Å². The molecular formula is C16H24N2O2. The molecule has 0 atom stereocenters. The first kappa shape index (κ1) is 16.5. The van der Waals surface area contributed by atoms with Gasteiger partial charge in [0.1, 0.15) is 11.8 Å². The molecule has 20 heavy (non-hydrogen) atoms. The lowest BCUT2D eigenvalue weighted by Gasteiger charge is -2.09. The third kappa shape index (κ3) is 6.05. The lowest BCUT2D eigenvalue weighted by atomic mass is 10.1. The molecule has 0 heterocycles. The molecule has 1 aromatic rings. The number of hydrogen-bond donors (Lipinski definition) is 1. The van der Waals surface area contributed by atoms with E-state index in [0.29, 0.717) is 17.4 Å². The van der Waals surface area contributed by atoms with Gasteiger partial charge in [-0.1, -0.05) is 6.07 Å². The molecule has 4 nitrogen and oxygen atoms in total. The van der Waals surface area contributed by atoms with Crippen LogP contribution in [-0.4, -0.2) is 26.4 Å². The summed E-state index contributed by atoms with van der Waals surface area (Å²) < 4.78 is 10.7. The first-order valence-electron chi connectivity index (χ1n) is 7.06. The maximum atomic E-state index is 8.92. The number of ether oxygens (including phenoxy) is 2. The number of nitrogens with one attached hydrogen (secondary N) is 1. The molecule has 0 amide bonds. The standard InChI is InChI=1S/C16H24N2O2/c1-13(2)20-9-5-4-8-18-12-14-6-7-15(11-17)16(10-14)19-3/h6-7,10,13,18H,4-5,8-9,12H2,1-3H3. The summed E-state index contributed by atoms with van der Waals surface area (Å²) in [6, 6.07) is 7.78. The smallest absolute Gasteiger partial charge is 0.136 e. The minimum absolute atomic E-state index is 0.314. The Kier molecular flexibility index (Phi) is 7.71. The summed E-state index contributed by atoms with van der Waals surface area (Å²) in [5.74, 6) is 0.636. The quantitative estimate of drug-likeness (QED) is 0.705. The van der Waals surface area contributed by atoms with E-state index >= 15 is 0 Å². The third-order valence-corrected chi connectivity index (χ3v) is 2.91. The zero-order valence-electron chi connectivity index (χ0n) is 12.6. The largest absolute Gasteiger partial charge is 0.495 e. The van der Waals surface area contributed by atoms with Crippen LogP contribution in [0.3, 0.4) is 0 Å². The number of benzene rings is 1. The van der Waals surface area contributed by atoms with Crippen LogP contribution in [0.2, 0.25) is 0 Å². The second-order valence-electron chi connectivity index (χ2n) is 4.95. The number of methoxy groups -OCH3 is 1. The zero-order chi connectivity index (χ0) is 14.8. The van der Waals surface area contributed by atoms with Crippen LogP contribution in [0.1, 0.15) is 37.8 Å². The van der Waals surface area contributed by atoms with Crippen molar-refractivity contribution in [3.63, 3.8) is 0 Å². The number of hydrogen-bond acceptors (Lipinski definition) is 4. The Morgan fingerprint density at radius 3 is 2.75 bits per heavy atom. The average molecular weight is 276 g/mol. The molecule has 0 saturated carbocycles. The number of unbranched alkanes of at least 4 members (excludes halogenated alkanes) is 1. The molecule has 0 unspecified atom stereocenters. The summed E-state index contributed by atoms with van der Waals surface area (Å²) in [5, 5.41) is 12.3. The fourth-order valence-electron chi connectivity index (χ4n) is 1.84. The normalized spacial score (nSPS) is 10.6. The second-order valence-corrected chi connectivity index (χ2v) is 4.95. The molecule has 0 aliphatic carbocycles. The van der Waals surface area contributed by atoms with Crippen molar-refractivity contribution in [3.8, 4) is 11.8 Å². The van der Waals surface area contributed by atoms with Crippen molar-refractivity contribution in [3.05, 3.63) is 29.3 Å². The molecular weight excluding hydrogens is 252 g/mol. The van der Waals surface area contributed by atoms with E-state index in [4.69, 9.17) is 14.7 Å². The van der Waals surface area contributed by atoms with Crippen LogP contribution in [0, 0.1) is 11.3 Å². The fourth-order valence-corrected chi connectivity index (χ4v) is 1.84. The van der Waals surface area contributed by atoms with Gasteiger partial charge in [-0.3, -0.25) is 0 Å². The molecule has 0 aliphatic heterocycles. The van der Waals surface area contributed by atoms with E-state index in [1.807, 2.05) is 12.1 Å². The van der Waals surface area contributed by atoms with Crippen LogP contribution in [0.5, 0.6) is 5.75 Å². The summed E-state index contributed by atoms with van der Waals surface area (Å²) in [7, 11) is 1.59. The highest BCUT2D eigenvalue weighted by molar-refractivity contribution is 5.45. The molecule has 0 saturated heterocycles. The van der Waals surface area contributed by atoms with Crippen LogP contribution < -0.4 is 10.1 Å². The Bertz CT molecular complexity index is 439. The van der Waals surface area contributed by atoms with Gasteiger partial charge in [0, 0.05) is 13.2 Å². The van der Waals surface area contributed by atoms with E-state index in [-0.39, 0.29) is 0 Å². The van der Waals surface area contributed by atoms with Crippen molar-refractivity contribution in [1.29, 1.82) is 5.26 Å². The topological polar surface area (TPSA) is 54.3 Å². The molecule has 4 heteroatoms. The van der Waals surface area contributed by atoms with Crippen molar-refractivity contribution < 1.29 is 9.47 Å². The van der Waals surface area contributed by atoms with Crippen molar-refractivity contribution in [2.75, 3.05) is 20.3 Å². The number of rotatable bonds is 9. The first-order valence-corrected chi connectivity index (χ1v) is 7.06. The van der Waals surface area contributed by atoms with Gasteiger partial charge in [0.15, 0.2) is 0 Å². The summed E-state index contributed by atoms with van der Waals surface area (Å²) in [6.07, 6.45) is 2.48. The predicted octanol–water partition coefficient (Wildman–Crippen LogP) is 2.86. The maximum Gasteiger partial charge on any atom is 0.136 e. The van der Waals surface area contributed by atoms with Gasteiger partial charge in [0.05, 0.1) is 18.8 Å². The molecule has 0 aromatic heterocycles. The lowest BCUT2D eigenvalue weighted by molar-refractivity contribution is 0.0760. The minimum atomic E-state index is 0.314. The van der Waals surface area contributed by atoms with Crippen molar-refractivity contribution in [2.45, 2.75) is 39.3 Å². The predicted molar refractivity (Wildman–Crippen MR) is 79.7 cm³/mol. The molecule has 110 valence electrons. The number of nitrogens with zero attached hydrogens (tertiary/aromatic N) is 1. The Morgan fingerprint density at radius 1 is 1.30 bits per heavy atom. The van der Waals surface area contributed by atoms with Gasteiger partial charge in [-0.05, 0) is 50.9 Å². The molecule has 0 radical (unpaired) electrons. The van der Waals surface area contributed by atoms with Crippen LogP contribution in [0.25, 0.3) is 0 Å². The summed E-state index contributed by atoms with van der Waals surface area (Å²) >= 11 is 0. The average Bonchev–Trinajstić information content (AvgIpc) is 2.45. The van der Waals surface area contributed by atoms with Crippen LogP contribution >= 0.6 is 0 Å². The van der Waals surface area contributed by atoms with Gasteiger partial charge in [-0.2, -0.15) is 5.26 Å². The van der Waals surface area contributed by atoms with E-state index in [1.165, 1.54) is 0 Å². The summed E-state index contributed by atoms with van der Waals surface area (Å²) in [4.78, 5) is 0. The van der Waals surface area contributed by atoms with Gasteiger partial charge >= 0.3 is 0 Å². The Labute approximate surface area is 121 Å².